The van der Waals surface area contributed by atoms with Crippen molar-refractivity contribution in [2.24, 2.45) is 0 Å². The molecule has 0 unspecified atom stereocenters. The average Bonchev–Trinajstić information content (AvgIpc) is 3.21. The Morgan fingerprint density at radius 3 is 2.48 bits per heavy atom. The molecule has 1 atom stereocenters. The summed E-state index contributed by atoms with van der Waals surface area (Å²) in [6.45, 7) is 3.07. The van der Waals surface area contributed by atoms with Crippen molar-refractivity contribution < 1.29 is 13.2 Å². The molecular weight excluding hydrogens is 390 g/mol. The Kier molecular flexibility index (Phi) is 5.08. The van der Waals surface area contributed by atoms with Gasteiger partial charge in [-0.05, 0) is 25.3 Å². The quantitative estimate of drug-likeness (QED) is 0.649. The Hall–Kier alpha value is -2.81. The molecule has 1 saturated heterocycles. The van der Waals surface area contributed by atoms with E-state index in [1.165, 1.54) is 23.3 Å². The summed E-state index contributed by atoms with van der Waals surface area (Å²) < 4.78 is 26.1. The molecule has 0 spiro atoms. The van der Waals surface area contributed by atoms with Crippen LogP contribution in [0.3, 0.4) is 0 Å². The number of fused-ring (bicyclic) bond motifs is 1. The normalized spacial score (nSPS) is 16.8. The number of amides is 1. The van der Waals surface area contributed by atoms with E-state index in [0.717, 1.165) is 5.56 Å². The molecule has 2 aromatic heterocycles. The van der Waals surface area contributed by atoms with Gasteiger partial charge < -0.3 is 4.90 Å². The van der Waals surface area contributed by atoms with E-state index in [-0.39, 0.29) is 22.6 Å². The molecule has 3 heterocycles. The van der Waals surface area contributed by atoms with Gasteiger partial charge in [0.05, 0.1) is 17.8 Å². The summed E-state index contributed by atoms with van der Waals surface area (Å²) in [5.41, 5.74) is 1.61. The summed E-state index contributed by atoms with van der Waals surface area (Å²) in [5, 5.41) is 4.19. The highest BCUT2D eigenvalue weighted by Crippen LogP contribution is 2.33. The highest BCUT2D eigenvalue weighted by Gasteiger charge is 2.31. The molecule has 1 fully saturated rings. The van der Waals surface area contributed by atoms with Crippen LogP contribution in [0, 0.1) is 0 Å². The Morgan fingerprint density at radius 2 is 1.83 bits per heavy atom. The van der Waals surface area contributed by atoms with Gasteiger partial charge in [0.15, 0.2) is 9.84 Å². The zero-order chi connectivity index (χ0) is 20.6. The van der Waals surface area contributed by atoms with Crippen LogP contribution in [0.25, 0.3) is 5.78 Å². The fourth-order valence-corrected chi connectivity index (χ4v) is 4.85. The molecule has 1 aromatic carbocycles. The van der Waals surface area contributed by atoms with E-state index in [2.05, 4.69) is 15.1 Å². The zero-order valence-corrected chi connectivity index (χ0v) is 17.2. The summed E-state index contributed by atoms with van der Waals surface area (Å²) in [6.07, 6.45) is 5.24. The molecule has 1 aliphatic rings. The molecule has 0 radical (unpaired) electrons. The van der Waals surface area contributed by atoms with E-state index in [1.807, 2.05) is 42.2 Å². The van der Waals surface area contributed by atoms with Gasteiger partial charge in [-0.15, -0.1) is 0 Å². The summed E-state index contributed by atoms with van der Waals surface area (Å²) in [4.78, 5) is 23.2. The van der Waals surface area contributed by atoms with E-state index in [4.69, 9.17) is 0 Å². The number of aromatic nitrogens is 4. The van der Waals surface area contributed by atoms with Crippen molar-refractivity contribution in [2.75, 3.05) is 19.3 Å². The van der Waals surface area contributed by atoms with Crippen molar-refractivity contribution in [3.05, 3.63) is 54.1 Å². The number of rotatable bonds is 4. The van der Waals surface area contributed by atoms with Gasteiger partial charge in [-0.2, -0.15) is 14.6 Å². The lowest BCUT2D eigenvalue weighted by molar-refractivity contribution is -0.133. The number of benzene rings is 1. The number of sulfone groups is 1. The molecule has 0 aliphatic carbocycles. The van der Waals surface area contributed by atoms with Crippen molar-refractivity contribution >= 4 is 21.5 Å². The molecule has 1 aliphatic heterocycles. The Labute approximate surface area is 169 Å². The van der Waals surface area contributed by atoms with Crippen LogP contribution in [0.5, 0.6) is 0 Å². The predicted octanol–water partition coefficient (Wildman–Crippen LogP) is 2.04. The Bertz CT molecular complexity index is 1140. The smallest absolute Gasteiger partial charge is 0.252 e. The minimum Gasteiger partial charge on any atom is -0.342 e. The van der Waals surface area contributed by atoms with Crippen molar-refractivity contribution in [3.63, 3.8) is 0 Å². The molecule has 0 saturated carbocycles. The third kappa shape index (κ3) is 3.74. The van der Waals surface area contributed by atoms with Crippen molar-refractivity contribution in [1.29, 1.82) is 0 Å². The summed E-state index contributed by atoms with van der Waals surface area (Å²) >= 11 is 0. The zero-order valence-electron chi connectivity index (χ0n) is 16.4. The van der Waals surface area contributed by atoms with E-state index in [0.29, 0.717) is 37.4 Å². The van der Waals surface area contributed by atoms with E-state index < -0.39 is 9.84 Å². The minimum atomic E-state index is -3.46. The molecule has 4 rings (SSSR count). The van der Waals surface area contributed by atoms with Crippen molar-refractivity contribution in [3.8, 4) is 0 Å². The topological polar surface area (TPSA) is 97.5 Å². The van der Waals surface area contributed by atoms with E-state index in [9.17, 15) is 13.2 Å². The largest absolute Gasteiger partial charge is 0.342 e. The molecule has 0 bridgehead atoms. The molecule has 0 N–H and O–H groups in total. The summed E-state index contributed by atoms with van der Waals surface area (Å²) in [6, 6.07) is 9.74. The maximum absolute atomic E-state index is 12.9. The average molecular weight is 414 g/mol. The maximum atomic E-state index is 12.9. The minimum absolute atomic E-state index is 0.0389. The molecule has 9 heteroatoms. The lowest BCUT2D eigenvalue weighted by Gasteiger charge is -2.34. The standard InChI is InChI=1S/C20H23N5O3S/c1-14(15-6-4-3-5-7-15)19(26)24-10-8-16(9-11-24)18-17(29(2,27)28)12-21-20-22-13-23-25(18)20/h3-7,12-14,16H,8-11H2,1-2H3/t14-/m1/s1. The van der Waals surface area contributed by atoms with Crippen LogP contribution in [-0.2, 0) is 14.6 Å². The van der Waals surface area contributed by atoms with Gasteiger partial charge in [0.2, 0.25) is 5.91 Å². The molecule has 152 valence electrons. The number of hydrogen-bond donors (Lipinski definition) is 0. The van der Waals surface area contributed by atoms with Crippen molar-refractivity contribution in [2.45, 2.75) is 36.5 Å². The molecule has 3 aromatic rings. The van der Waals surface area contributed by atoms with E-state index in [1.54, 1.807) is 0 Å². The number of nitrogens with zero attached hydrogens (tertiary/aromatic N) is 5. The lowest BCUT2D eigenvalue weighted by atomic mass is 9.91. The monoisotopic (exact) mass is 413 g/mol. The van der Waals surface area contributed by atoms with Gasteiger partial charge >= 0.3 is 0 Å². The first kappa shape index (κ1) is 19.5. The number of carbonyl (C=O) groups is 1. The fourth-order valence-electron chi connectivity index (χ4n) is 3.97. The molecular formula is C20H23N5O3S. The van der Waals surface area contributed by atoms with E-state index >= 15 is 0 Å². The van der Waals surface area contributed by atoms with Gasteiger partial charge in [-0.1, -0.05) is 30.3 Å². The highest BCUT2D eigenvalue weighted by atomic mass is 32.2. The van der Waals surface area contributed by atoms with Gasteiger partial charge in [0.1, 0.15) is 11.2 Å². The number of likely N-dealkylation sites (tertiary alicyclic amines) is 1. The molecule has 8 nitrogen and oxygen atoms in total. The maximum Gasteiger partial charge on any atom is 0.252 e. The van der Waals surface area contributed by atoms with Gasteiger partial charge in [-0.3, -0.25) is 4.79 Å². The summed E-state index contributed by atoms with van der Waals surface area (Å²) in [5.74, 6) is 0.229. The van der Waals surface area contributed by atoms with Crippen LogP contribution in [0.4, 0.5) is 0 Å². The number of hydrogen-bond acceptors (Lipinski definition) is 6. The first-order valence-electron chi connectivity index (χ1n) is 9.58. The predicted molar refractivity (Wildman–Crippen MR) is 107 cm³/mol. The number of piperidine rings is 1. The van der Waals surface area contributed by atoms with Gasteiger partial charge in [0.25, 0.3) is 5.78 Å². The molecule has 1 amide bonds. The van der Waals surface area contributed by atoms with Crippen LogP contribution >= 0.6 is 0 Å². The first-order chi connectivity index (χ1) is 13.9. The second-order valence-electron chi connectivity index (χ2n) is 7.48. The molecule has 29 heavy (non-hydrogen) atoms. The second kappa shape index (κ2) is 7.55. The fraction of sp³-hybridized carbons (Fsp3) is 0.400. The van der Waals surface area contributed by atoms with Gasteiger partial charge in [-0.25, -0.2) is 13.4 Å². The Morgan fingerprint density at radius 1 is 1.14 bits per heavy atom. The second-order valence-corrected chi connectivity index (χ2v) is 9.47. The SMILES string of the molecule is C[C@@H](C(=O)N1CCC(c2c(S(C)(=O)=O)cnc3ncnn23)CC1)c1ccccc1. The lowest BCUT2D eigenvalue weighted by Crippen LogP contribution is -2.40. The van der Waals surface area contributed by atoms with Crippen LogP contribution in [0.15, 0.2) is 47.8 Å². The highest BCUT2D eigenvalue weighted by molar-refractivity contribution is 7.90. The number of carbonyl (C=O) groups excluding carboxylic acids is 1. The summed E-state index contributed by atoms with van der Waals surface area (Å²) in [7, 11) is -3.46. The van der Waals surface area contributed by atoms with Gasteiger partial charge in [0, 0.05) is 25.3 Å². The van der Waals surface area contributed by atoms with Crippen LogP contribution in [0.1, 0.15) is 42.9 Å². The first-order valence-corrected chi connectivity index (χ1v) is 11.5. The van der Waals surface area contributed by atoms with Crippen molar-refractivity contribution in [1.82, 2.24) is 24.5 Å². The van der Waals surface area contributed by atoms with Crippen LogP contribution in [0.2, 0.25) is 0 Å². The Balaban J connectivity index is 1.56. The third-order valence-corrected chi connectivity index (χ3v) is 6.68. The van der Waals surface area contributed by atoms with Crippen LogP contribution < -0.4 is 0 Å². The van der Waals surface area contributed by atoms with Crippen LogP contribution in [-0.4, -0.2) is 58.2 Å². The third-order valence-electron chi connectivity index (χ3n) is 5.57.